The minimum atomic E-state index is -0.0633. The fourth-order valence-electron chi connectivity index (χ4n) is 3.93. The molecule has 0 saturated carbocycles. The molecule has 2 aliphatic rings. The van der Waals surface area contributed by atoms with Crippen LogP contribution in [-0.2, 0) is 13.1 Å². The Bertz CT molecular complexity index is 731. The van der Waals surface area contributed by atoms with Gasteiger partial charge < -0.3 is 14.2 Å². The lowest BCUT2D eigenvalue weighted by Gasteiger charge is -2.35. The van der Waals surface area contributed by atoms with Gasteiger partial charge in [0.15, 0.2) is 6.39 Å². The number of rotatable bonds is 3. The van der Waals surface area contributed by atoms with Gasteiger partial charge >= 0.3 is 0 Å². The van der Waals surface area contributed by atoms with E-state index in [4.69, 9.17) is 4.42 Å². The van der Waals surface area contributed by atoms with Crippen LogP contribution in [0.4, 0.5) is 0 Å². The normalized spacial score (nSPS) is 21.8. The first-order chi connectivity index (χ1) is 12.2. The summed E-state index contributed by atoms with van der Waals surface area (Å²) in [5, 5.41) is 4.40. The van der Waals surface area contributed by atoms with Crippen LogP contribution in [0.15, 0.2) is 23.1 Å². The highest BCUT2D eigenvalue weighted by Crippen LogP contribution is 2.23. The molecule has 1 atom stereocenters. The van der Waals surface area contributed by atoms with E-state index in [1.165, 1.54) is 25.7 Å². The predicted molar refractivity (Wildman–Crippen MR) is 92.0 cm³/mol. The van der Waals surface area contributed by atoms with Crippen LogP contribution < -0.4 is 0 Å². The molecule has 2 aromatic rings. The van der Waals surface area contributed by atoms with E-state index < -0.39 is 0 Å². The Morgan fingerprint density at radius 3 is 2.88 bits per heavy atom. The Labute approximate surface area is 147 Å². The summed E-state index contributed by atoms with van der Waals surface area (Å²) in [7, 11) is 0. The molecule has 0 spiro atoms. The summed E-state index contributed by atoms with van der Waals surface area (Å²) in [6, 6.07) is 2.16. The van der Waals surface area contributed by atoms with Crippen LogP contribution in [-0.4, -0.2) is 56.1 Å². The molecule has 4 rings (SSSR count). The summed E-state index contributed by atoms with van der Waals surface area (Å²) >= 11 is 0. The second-order valence-electron chi connectivity index (χ2n) is 7.05. The Hall–Kier alpha value is -2.15. The third-order valence-corrected chi connectivity index (χ3v) is 5.37. The quantitative estimate of drug-likeness (QED) is 0.853. The summed E-state index contributed by atoms with van der Waals surface area (Å²) in [5.74, 6) is 0.295. The molecular weight excluding hydrogens is 318 g/mol. The summed E-state index contributed by atoms with van der Waals surface area (Å²) in [5.41, 5.74) is 1.73. The van der Waals surface area contributed by atoms with Crippen molar-refractivity contribution >= 4 is 5.91 Å². The number of amides is 1. The Balaban J connectivity index is 1.59. The van der Waals surface area contributed by atoms with Crippen molar-refractivity contribution in [2.45, 2.75) is 51.7 Å². The van der Waals surface area contributed by atoms with Gasteiger partial charge in [0.1, 0.15) is 0 Å². The SMILES string of the molecule is Cc1ncoc1C(=O)N1Cc2ccnn2CC[C@H]1CN1CCCCC1. The van der Waals surface area contributed by atoms with Crippen LogP contribution in [0.5, 0.6) is 0 Å². The maximum Gasteiger partial charge on any atom is 0.292 e. The minimum Gasteiger partial charge on any atom is -0.438 e. The van der Waals surface area contributed by atoms with Crippen LogP contribution in [0, 0.1) is 6.92 Å². The molecule has 0 N–H and O–H groups in total. The molecule has 4 heterocycles. The molecule has 0 bridgehead atoms. The Morgan fingerprint density at radius 2 is 2.12 bits per heavy atom. The van der Waals surface area contributed by atoms with Crippen molar-refractivity contribution in [3.05, 3.63) is 35.8 Å². The molecule has 1 saturated heterocycles. The van der Waals surface area contributed by atoms with E-state index in [1.54, 1.807) is 0 Å². The summed E-state index contributed by atoms with van der Waals surface area (Å²) in [6.45, 7) is 6.41. The number of fused-ring (bicyclic) bond motifs is 1. The fourth-order valence-corrected chi connectivity index (χ4v) is 3.93. The number of carbonyl (C=O) groups excluding carboxylic acids is 1. The zero-order valence-corrected chi connectivity index (χ0v) is 14.7. The van der Waals surface area contributed by atoms with Crippen molar-refractivity contribution in [1.29, 1.82) is 0 Å². The monoisotopic (exact) mass is 343 g/mol. The number of aryl methyl sites for hydroxylation is 2. The van der Waals surface area contributed by atoms with Crippen molar-refractivity contribution in [2.75, 3.05) is 19.6 Å². The van der Waals surface area contributed by atoms with Gasteiger partial charge in [-0.3, -0.25) is 9.48 Å². The summed E-state index contributed by atoms with van der Waals surface area (Å²) in [6.07, 6.45) is 7.89. The zero-order valence-electron chi connectivity index (χ0n) is 14.7. The van der Waals surface area contributed by atoms with Gasteiger partial charge in [0, 0.05) is 25.3 Å². The average Bonchev–Trinajstić information content (AvgIpc) is 3.22. The molecule has 7 heteroatoms. The highest BCUT2D eigenvalue weighted by atomic mass is 16.3. The summed E-state index contributed by atoms with van der Waals surface area (Å²) < 4.78 is 7.41. The molecule has 0 aliphatic carbocycles. The lowest BCUT2D eigenvalue weighted by Crippen LogP contribution is -2.47. The van der Waals surface area contributed by atoms with E-state index >= 15 is 0 Å². The van der Waals surface area contributed by atoms with Crippen molar-refractivity contribution in [1.82, 2.24) is 24.6 Å². The number of hydrogen-bond donors (Lipinski definition) is 0. The van der Waals surface area contributed by atoms with E-state index in [2.05, 4.69) is 15.0 Å². The first-order valence-electron chi connectivity index (χ1n) is 9.16. The molecule has 1 fully saturated rings. The average molecular weight is 343 g/mol. The maximum atomic E-state index is 13.2. The zero-order chi connectivity index (χ0) is 17.2. The van der Waals surface area contributed by atoms with Gasteiger partial charge in [0.05, 0.1) is 17.9 Å². The third-order valence-electron chi connectivity index (χ3n) is 5.37. The van der Waals surface area contributed by atoms with Crippen LogP contribution in [0.2, 0.25) is 0 Å². The van der Waals surface area contributed by atoms with Crippen LogP contribution >= 0.6 is 0 Å². The number of carbonyl (C=O) groups is 1. The fraction of sp³-hybridized carbons (Fsp3) is 0.611. The van der Waals surface area contributed by atoms with E-state index in [1.807, 2.05) is 28.8 Å². The third kappa shape index (κ3) is 3.33. The van der Waals surface area contributed by atoms with Crippen LogP contribution in [0.25, 0.3) is 0 Å². The highest BCUT2D eigenvalue weighted by Gasteiger charge is 2.32. The number of oxazole rings is 1. The standard InChI is InChI=1S/C18H25N5O2/c1-14-17(25-13-19-14)18(24)22-12-16-5-7-20-23(16)10-6-15(22)11-21-8-3-2-4-9-21/h5,7,13,15H,2-4,6,8-12H2,1H3/t15-/m0/s1. The van der Waals surface area contributed by atoms with Gasteiger partial charge in [0.2, 0.25) is 5.76 Å². The molecule has 1 amide bonds. The molecule has 7 nitrogen and oxygen atoms in total. The van der Waals surface area contributed by atoms with Gasteiger partial charge in [-0.1, -0.05) is 6.42 Å². The largest absolute Gasteiger partial charge is 0.438 e. The number of nitrogens with zero attached hydrogens (tertiary/aromatic N) is 5. The van der Waals surface area contributed by atoms with Gasteiger partial charge in [-0.2, -0.15) is 5.10 Å². The van der Waals surface area contributed by atoms with E-state index in [0.717, 1.165) is 38.3 Å². The smallest absolute Gasteiger partial charge is 0.292 e. The number of likely N-dealkylation sites (tertiary alicyclic amines) is 1. The lowest BCUT2D eigenvalue weighted by molar-refractivity contribution is 0.0556. The molecule has 134 valence electrons. The first kappa shape index (κ1) is 16.3. The number of aromatic nitrogens is 3. The Kier molecular flexibility index (Phi) is 4.57. The van der Waals surface area contributed by atoms with Gasteiger partial charge in [-0.15, -0.1) is 0 Å². The topological polar surface area (TPSA) is 67.4 Å². The maximum absolute atomic E-state index is 13.2. The van der Waals surface area contributed by atoms with Gasteiger partial charge in [0.25, 0.3) is 5.91 Å². The minimum absolute atomic E-state index is 0.0633. The second-order valence-corrected chi connectivity index (χ2v) is 7.05. The van der Waals surface area contributed by atoms with Gasteiger partial charge in [-0.05, 0) is 45.3 Å². The van der Waals surface area contributed by atoms with E-state index in [-0.39, 0.29) is 11.9 Å². The number of piperidine rings is 1. The summed E-state index contributed by atoms with van der Waals surface area (Å²) in [4.78, 5) is 21.7. The van der Waals surface area contributed by atoms with E-state index in [9.17, 15) is 4.79 Å². The second kappa shape index (κ2) is 7.00. The lowest BCUT2D eigenvalue weighted by atomic mass is 10.1. The van der Waals surface area contributed by atoms with Crippen molar-refractivity contribution in [3.8, 4) is 0 Å². The first-order valence-corrected chi connectivity index (χ1v) is 9.16. The van der Waals surface area contributed by atoms with Crippen molar-refractivity contribution < 1.29 is 9.21 Å². The van der Waals surface area contributed by atoms with Crippen LogP contribution in [0.3, 0.4) is 0 Å². The highest BCUT2D eigenvalue weighted by molar-refractivity contribution is 5.92. The van der Waals surface area contributed by atoms with Crippen molar-refractivity contribution in [3.63, 3.8) is 0 Å². The van der Waals surface area contributed by atoms with E-state index in [0.29, 0.717) is 18.0 Å². The molecule has 25 heavy (non-hydrogen) atoms. The van der Waals surface area contributed by atoms with Crippen molar-refractivity contribution in [2.24, 2.45) is 0 Å². The Morgan fingerprint density at radius 1 is 1.28 bits per heavy atom. The molecule has 2 aliphatic heterocycles. The molecule has 2 aromatic heterocycles. The predicted octanol–water partition coefficient (Wildman–Crippen LogP) is 2.08. The molecule has 0 unspecified atom stereocenters. The van der Waals surface area contributed by atoms with Gasteiger partial charge in [-0.25, -0.2) is 4.98 Å². The molecule has 0 radical (unpaired) electrons. The van der Waals surface area contributed by atoms with Crippen LogP contribution in [0.1, 0.15) is 47.6 Å². The number of hydrogen-bond acceptors (Lipinski definition) is 5. The molecular formula is C18H25N5O2. The molecule has 0 aromatic carbocycles.